The lowest BCUT2D eigenvalue weighted by Gasteiger charge is -2.28. The Balaban J connectivity index is 2.27. The molecule has 2 nitrogen and oxygen atoms in total. The third kappa shape index (κ3) is 3.01. The molecule has 2 atom stereocenters. The van der Waals surface area contributed by atoms with E-state index in [1.54, 1.807) is 0 Å². The Hall–Kier alpha value is -1.02. The van der Waals surface area contributed by atoms with E-state index >= 15 is 0 Å². The minimum atomic E-state index is 0.569. The molecule has 1 aromatic carbocycles. The molecule has 0 saturated carbocycles. The average Bonchev–Trinajstić information content (AvgIpc) is 2.44. The lowest BCUT2D eigenvalue weighted by atomic mass is 10.1. The fourth-order valence-electron chi connectivity index (χ4n) is 2.57. The van der Waals surface area contributed by atoms with E-state index in [4.69, 9.17) is 0 Å². The molecule has 2 rings (SSSR count). The molecule has 1 heterocycles. The fourth-order valence-corrected chi connectivity index (χ4v) is 2.57. The van der Waals surface area contributed by atoms with E-state index in [1.165, 1.54) is 16.8 Å². The Morgan fingerprint density at radius 1 is 1.18 bits per heavy atom. The number of anilines is 1. The molecule has 0 radical (unpaired) electrons. The Kier molecular flexibility index (Phi) is 3.72. The first kappa shape index (κ1) is 12.4. The minimum Gasteiger partial charge on any atom is -0.369 e. The molecule has 2 heteroatoms. The molecule has 1 aromatic rings. The van der Waals surface area contributed by atoms with Gasteiger partial charge in [-0.2, -0.15) is 0 Å². The summed E-state index contributed by atoms with van der Waals surface area (Å²) in [5, 5.41) is 3.59. The molecule has 1 fully saturated rings. The van der Waals surface area contributed by atoms with E-state index in [9.17, 15) is 0 Å². The summed E-state index contributed by atoms with van der Waals surface area (Å²) in [5.74, 6) is 0.708. The molecule has 1 N–H and O–H groups in total. The van der Waals surface area contributed by atoms with Crippen LogP contribution in [0.4, 0.5) is 5.69 Å². The van der Waals surface area contributed by atoms with Crippen LogP contribution in [0.5, 0.6) is 0 Å². The van der Waals surface area contributed by atoms with Gasteiger partial charge in [-0.15, -0.1) is 0 Å². The van der Waals surface area contributed by atoms with Gasteiger partial charge in [0.1, 0.15) is 0 Å². The van der Waals surface area contributed by atoms with Crippen LogP contribution in [0.2, 0.25) is 0 Å². The van der Waals surface area contributed by atoms with E-state index in [2.05, 4.69) is 56.1 Å². The van der Waals surface area contributed by atoms with Crippen molar-refractivity contribution in [3.8, 4) is 0 Å². The highest BCUT2D eigenvalue weighted by Gasteiger charge is 2.19. The van der Waals surface area contributed by atoms with Crippen molar-refractivity contribution in [1.29, 1.82) is 0 Å². The predicted octanol–water partition coefficient (Wildman–Crippen LogP) is 2.74. The molecule has 0 amide bonds. The van der Waals surface area contributed by atoms with Crippen molar-refractivity contribution in [1.82, 2.24) is 5.32 Å². The highest BCUT2D eigenvalue weighted by molar-refractivity contribution is 5.55. The van der Waals surface area contributed by atoms with Gasteiger partial charge in [-0.25, -0.2) is 0 Å². The number of nitrogens with one attached hydrogen (secondary N) is 1. The van der Waals surface area contributed by atoms with Gasteiger partial charge >= 0.3 is 0 Å². The number of nitrogens with zero attached hydrogens (tertiary/aromatic N) is 1. The maximum atomic E-state index is 3.59. The van der Waals surface area contributed by atoms with Gasteiger partial charge in [0.05, 0.1) is 0 Å². The molecule has 0 aliphatic carbocycles. The topological polar surface area (TPSA) is 15.3 Å². The molecule has 1 aliphatic rings. The summed E-state index contributed by atoms with van der Waals surface area (Å²) in [4.78, 5) is 2.54. The van der Waals surface area contributed by atoms with Crippen LogP contribution in [0, 0.1) is 19.8 Å². The molecule has 0 spiro atoms. The second kappa shape index (κ2) is 5.09. The number of hydrogen-bond donors (Lipinski definition) is 1. The summed E-state index contributed by atoms with van der Waals surface area (Å²) in [5.41, 5.74) is 4.15. The normalized spacial score (nSPS) is 25.8. The second-order valence-electron chi connectivity index (χ2n) is 5.61. The first-order chi connectivity index (χ1) is 8.06. The third-order valence-electron chi connectivity index (χ3n) is 3.55. The maximum Gasteiger partial charge on any atom is 0.0399 e. The zero-order valence-corrected chi connectivity index (χ0v) is 11.5. The Labute approximate surface area is 105 Å². The number of hydrogen-bond acceptors (Lipinski definition) is 2. The largest absolute Gasteiger partial charge is 0.369 e. The van der Waals surface area contributed by atoms with Gasteiger partial charge in [0.2, 0.25) is 0 Å². The van der Waals surface area contributed by atoms with E-state index in [0.29, 0.717) is 12.0 Å². The number of benzene rings is 1. The Morgan fingerprint density at radius 3 is 2.71 bits per heavy atom. The lowest BCUT2D eigenvalue weighted by Crippen LogP contribution is -2.35. The zero-order valence-electron chi connectivity index (χ0n) is 11.5. The van der Waals surface area contributed by atoms with Crippen LogP contribution in [-0.2, 0) is 0 Å². The van der Waals surface area contributed by atoms with Crippen molar-refractivity contribution < 1.29 is 0 Å². The summed E-state index contributed by atoms with van der Waals surface area (Å²) in [7, 11) is 0. The van der Waals surface area contributed by atoms with Crippen LogP contribution in [0.3, 0.4) is 0 Å². The van der Waals surface area contributed by atoms with Crippen molar-refractivity contribution in [2.24, 2.45) is 5.92 Å². The van der Waals surface area contributed by atoms with Crippen LogP contribution in [-0.4, -0.2) is 25.7 Å². The monoisotopic (exact) mass is 232 g/mol. The Morgan fingerprint density at radius 2 is 1.94 bits per heavy atom. The summed E-state index contributed by atoms with van der Waals surface area (Å²) in [6.07, 6.45) is 0. The summed E-state index contributed by atoms with van der Waals surface area (Å²) in [6.45, 7) is 12.4. The van der Waals surface area contributed by atoms with Crippen LogP contribution in [0.1, 0.15) is 25.0 Å². The van der Waals surface area contributed by atoms with Gasteiger partial charge in [-0.1, -0.05) is 19.1 Å². The maximum absolute atomic E-state index is 3.59. The zero-order chi connectivity index (χ0) is 12.4. The van der Waals surface area contributed by atoms with E-state index in [1.807, 2.05) is 0 Å². The molecule has 0 aromatic heterocycles. The summed E-state index contributed by atoms with van der Waals surface area (Å²) in [6, 6.07) is 7.32. The molecule has 2 unspecified atom stereocenters. The second-order valence-corrected chi connectivity index (χ2v) is 5.61. The minimum absolute atomic E-state index is 0.569. The fraction of sp³-hybridized carbons (Fsp3) is 0.600. The molecular formula is C15H24N2. The lowest BCUT2D eigenvalue weighted by molar-refractivity contribution is 0.525. The number of aryl methyl sites for hydroxylation is 2. The standard InChI is InChI=1S/C15H24N2/c1-11-5-6-13(3)15(7-11)17-9-12(2)8-16-14(4)10-17/h5-7,12,14,16H,8-10H2,1-4H3. The van der Waals surface area contributed by atoms with Crippen molar-refractivity contribution in [3.63, 3.8) is 0 Å². The molecule has 1 saturated heterocycles. The van der Waals surface area contributed by atoms with Crippen LogP contribution < -0.4 is 10.2 Å². The Bertz CT molecular complexity index is 375. The molecular weight excluding hydrogens is 208 g/mol. The van der Waals surface area contributed by atoms with Crippen LogP contribution in [0.25, 0.3) is 0 Å². The van der Waals surface area contributed by atoms with E-state index in [-0.39, 0.29) is 0 Å². The van der Waals surface area contributed by atoms with Gasteiger partial charge in [0, 0.05) is 24.8 Å². The molecule has 94 valence electrons. The predicted molar refractivity (Wildman–Crippen MR) is 74.8 cm³/mol. The van der Waals surface area contributed by atoms with Crippen LogP contribution in [0.15, 0.2) is 18.2 Å². The van der Waals surface area contributed by atoms with E-state index in [0.717, 1.165) is 19.6 Å². The first-order valence-electron chi connectivity index (χ1n) is 6.62. The molecule has 17 heavy (non-hydrogen) atoms. The quantitative estimate of drug-likeness (QED) is 0.801. The van der Waals surface area contributed by atoms with Gasteiger partial charge in [-0.3, -0.25) is 0 Å². The molecule has 0 bridgehead atoms. The third-order valence-corrected chi connectivity index (χ3v) is 3.55. The van der Waals surface area contributed by atoms with Crippen molar-refractivity contribution in [2.75, 3.05) is 24.5 Å². The summed E-state index contributed by atoms with van der Waals surface area (Å²) < 4.78 is 0. The van der Waals surface area contributed by atoms with Gasteiger partial charge in [0.15, 0.2) is 0 Å². The smallest absolute Gasteiger partial charge is 0.0399 e. The highest BCUT2D eigenvalue weighted by Crippen LogP contribution is 2.23. The number of rotatable bonds is 1. The average molecular weight is 232 g/mol. The van der Waals surface area contributed by atoms with Gasteiger partial charge in [0.25, 0.3) is 0 Å². The van der Waals surface area contributed by atoms with Gasteiger partial charge < -0.3 is 10.2 Å². The van der Waals surface area contributed by atoms with Crippen molar-refractivity contribution >= 4 is 5.69 Å². The van der Waals surface area contributed by atoms with Gasteiger partial charge in [-0.05, 0) is 50.4 Å². The van der Waals surface area contributed by atoms with Crippen molar-refractivity contribution in [2.45, 2.75) is 33.7 Å². The van der Waals surface area contributed by atoms with Crippen LogP contribution >= 0.6 is 0 Å². The molecule has 1 aliphatic heterocycles. The van der Waals surface area contributed by atoms with Crippen molar-refractivity contribution in [3.05, 3.63) is 29.3 Å². The highest BCUT2D eigenvalue weighted by atomic mass is 15.2. The SMILES string of the molecule is Cc1ccc(C)c(N2CC(C)CNC(C)C2)c1. The van der Waals surface area contributed by atoms with E-state index < -0.39 is 0 Å². The first-order valence-corrected chi connectivity index (χ1v) is 6.62. The summed E-state index contributed by atoms with van der Waals surface area (Å²) >= 11 is 0.